The Bertz CT molecular complexity index is 336. The van der Waals surface area contributed by atoms with E-state index in [0.717, 1.165) is 25.7 Å². The van der Waals surface area contributed by atoms with E-state index in [0.29, 0.717) is 19.7 Å². The van der Waals surface area contributed by atoms with Gasteiger partial charge in [0.1, 0.15) is 5.92 Å². The summed E-state index contributed by atoms with van der Waals surface area (Å²) in [5.74, 6) is -1.52. The van der Waals surface area contributed by atoms with Gasteiger partial charge in [0.15, 0.2) is 0 Å². The maximum atomic E-state index is 12.3. The lowest BCUT2D eigenvalue weighted by Gasteiger charge is -2.30. The van der Waals surface area contributed by atoms with Crippen LogP contribution in [0.15, 0.2) is 0 Å². The summed E-state index contributed by atoms with van der Waals surface area (Å²) in [6, 6.07) is -0.534. The summed E-state index contributed by atoms with van der Waals surface area (Å²) in [6.45, 7) is 5.81. The van der Waals surface area contributed by atoms with E-state index in [2.05, 4.69) is 12.2 Å². The number of aliphatic carboxylic acids is 1. The molecule has 1 fully saturated rings. The Kier molecular flexibility index (Phi) is 8.12. The molecule has 0 bridgehead atoms. The van der Waals surface area contributed by atoms with Crippen LogP contribution in [0.1, 0.15) is 46.0 Å². The molecule has 0 aromatic carbocycles. The van der Waals surface area contributed by atoms with Gasteiger partial charge >= 0.3 is 12.0 Å². The van der Waals surface area contributed by atoms with Crippen LogP contribution in [0.25, 0.3) is 0 Å². The SMILES string of the molecule is CCCCCCNC(=O)N(CCC)C1COCC1C(=O)O. The largest absolute Gasteiger partial charge is 0.481 e. The zero-order valence-electron chi connectivity index (χ0n) is 13.1. The maximum Gasteiger partial charge on any atom is 0.317 e. The van der Waals surface area contributed by atoms with Gasteiger partial charge in [-0.15, -0.1) is 0 Å². The molecule has 6 nitrogen and oxygen atoms in total. The minimum Gasteiger partial charge on any atom is -0.481 e. The van der Waals surface area contributed by atoms with Gasteiger partial charge in [0, 0.05) is 13.1 Å². The van der Waals surface area contributed by atoms with Gasteiger partial charge in [0.2, 0.25) is 0 Å². The highest BCUT2D eigenvalue weighted by atomic mass is 16.5. The van der Waals surface area contributed by atoms with E-state index in [1.165, 1.54) is 6.42 Å². The summed E-state index contributed by atoms with van der Waals surface area (Å²) in [5.41, 5.74) is 0. The summed E-state index contributed by atoms with van der Waals surface area (Å²) in [7, 11) is 0. The van der Waals surface area contributed by atoms with Crippen molar-refractivity contribution < 1.29 is 19.4 Å². The molecule has 2 atom stereocenters. The molecule has 0 spiro atoms. The van der Waals surface area contributed by atoms with Crippen molar-refractivity contribution in [1.29, 1.82) is 0 Å². The summed E-state index contributed by atoms with van der Waals surface area (Å²) >= 11 is 0. The Morgan fingerprint density at radius 1 is 1.19 bits per heavy atom. The van der Waals surface area contributed by atoms with E-state index >= 15 is 0 Å². The number of carbonyl (C=O) groups is 2. The second-order valence-electron chi connectivity index (χ2n) is 5.54. The number of carboxylic acids is 1. The van der Waals surface area contributed by atoms with Gasteiger partial charge in [-0.05, 0) is 12.8 Å². The number of carbonyl (C=O) groups excluding carboxylic acids is 1. The maximum absolute atomic E-state index is 12.3. The average molecular weight is 300 g/mol. The zero-order chi connectivity index (χ0) is 15.7. The van der Waals surface area contributed by atoms with Gasteiger partial charge in [-0.25, -0.2) is 4.79 Å². The van der Waals surface area contributed by atoms with Gasteiger partial charge in [0.25, 0.3) is 0 Å². The minimum atomic E-state index is -0.894. The third-order valence-corrected chi connectivity index (χ3v) is 3.80. The molecule has 1 aliphatic rings. The fourth-order valence-corrected chi connectivity index (χ4v) is 2.59. The number of rotatable bonds is 9. The predicted molar refractivity (Wildman–Crippen MR) is 80.3 cm³/mol. The molecule has 0 aromatic heterocycles. The number of ether oxygens (including phenoxy) is 1. The van der Waals surface area contributed by atoms with Crippen LogP contribution in [0, 0.1) is 5.92 Å². The number of nitrogens with one attached hydrogen (secondary N) is 1. The molecule has 1 heterocycles. The van der Waals surface area contributed by atoms with Crippen LogP contribution >= 0.6 is 0 Å². The molecule has 2 amide bonds. The number of urea groups is 1. The first-order valence-corrected chi connectivity index (χ1v) is 7.96. The van der Waals surface area contributed by atoms with E-state index in [4.69, 9.17) is 4.74 Å². The zero-order valence-corrected chi connectivity index (χ0v) is 13.1. The van der Waals surface area contributed by atoms with Gasteiger partial charge < -0.3 is 20.1 Å². The molecule has 21 heavy (non-hydrogen) atoms. The molecule has 1 saturated heterocycles. The third-order valence-electron chi connectivity index (χ3n) is 3.80. The monoisotopic (exact) mass is 300 g/mol. The molecule has 0 aromatic rings. The molecule has 6 heteroatoms. The van der Waals surface area contributed by atoms with Crippen molar-refractivity contribution in [3.63, 3.8) is 0 Å². The predicted octanol–water partition coefficient (Wildman–Crippen LogP) is 2.09. The summed E-state index contributed by atoms with van der Waals surface area (Å²) in [6.07, 6.45) is 5.20. The highest BCUT2D eigenvalue weighted by Gasteiger charge is 2.39. The Hall–Kier alpha value is -1.30. The van der Waals surface area contributed by atoms with Gasteiger partial charge in [0.05, 0.1) is 19.3 Å². The van der Waals surface area contributed by atoms with Crippen molar-refractivity contribution in [2.24, 2.45) is 5.92 Å². The normalized spacial score (nSPS) is 21.2. The van der Waals surface area contributed by atoms with E-state index in [-0.39, 0.29) is 18.7 Å². The third kappa shape index (κ3) is 5.53. The summed E-state index contributed by atoms with van der Waals surface area (Å²) < 4.78 is 5.26. The number of hydrogen-bond acceptors (Lipinski definition) is 3. The van der Waals surface area contributed by atoms with Crippen LogP contribution in [-0.2, 0) is 9.53 Å². The van der Waals surface area contributed by atoms with E-state index in [1.54, 1.807) is 4.90 Å². The molecule has 0 radical (unpaired) electrons. The van der Waals surface area contributed by atoms with Crippen LogP contribution in [0.5, 0.6) is 0 Å². The Balaban J connectivity index is 2.51. The van der Waals surface area contributed by atoms with E-state index in [1.807, 2.05) is 6.92 Å². The first-order chi connectivity index (χ1) is 10.1. The lowest BCUT2D eigenvalue weighted by atomic mass is 10.0. The minimum absolute atomic E-state index is 0.171. The Labute approximate surface area is 126 Å². The molecular weight excluding hydrogens is 272 g/mol. The van der Waals surface area contributed by atoms with Crippen LogP contribution in [0.2, 0.25) is 0 Å². The van der Waals surface area contributed by atoms with Crippen molar-refractivity contribution >= 4 is 12.0 Å². The first kappa shape index (κ1) is 17.8. The van der Waals surface area contributed by atoms with Crippen LogP contribution in [0.4, 0.5) is 4.79 Å². The van der Waals surface area contributed by atoms with E-state index < -0.39 is 11.9 Å². The summed E-state index contributed by atoms with van der Waals surface area (Å²) in [4.78, 5) is 25.2. The number of hydrogen-bond donors (Lipinski definition) is 2. The number of unbranched alkanes of at least 4 members (excludes halogenated alkanes) is 3. The molecule has 0 saturated carbocycles. The lowest BCUT2D eigenvalue weighted by molar-refractivity contribution is -0.142. The van der Waals surface area contributed by atoms with Crippen molar-refractivity contribution in [3.05, 3.63) is 0 Å². The molecule has 2 unspecified atom stereocenters. The quantitative estimate of drug-likeness (QED) is 0.639. The summed E-state index contributed by atoms with van der Waals surface area (Å²) in [5, 5.41) is 12.1. The topological polar surface area (TPSA) is 78.9 Å². The number of amides is 2. The Morgan fingerprint density at radius 3 is 2.57 bits per heavy atom. The standard InChI is InChI=1S/C15H28N2O4/c1-3-5-6-7-8-16-15(20)17(9-4-2)13-11-21-10-12(13)14(18)19/h12-13H,3-11H2,1-2H3,(H,16,20)(H,18,19). The molecular formula is C15H28N2O4. The molecule has 1 aliphatic heterocycles. The lowest BCUT2D eigenvalue weighted by Crippen LogP contribution is -2.51. The van der Waals surface area contributed by atoms with Crippen LogP contribution < -0.4 is 5.32 Å². The fraction of sp³-hybridized carbons (Fsp3) is 0.867. The van der Waals surface area contributed by atoms with Gasteiger partial charge in [-0.2, -0.15) is 0 Å². The second kappa shape index (κ2) is 9.60. The van der Waals surface area contributed by atoms with Crippen molar-refractivity contribution in [2.45, 2.75) is 52.0 Å². The highest BCUT2D eigenvalue weighted by Crippen LogP contribution is 2.20. The van der Waals surface area contributed by atoms with Crippen molar-refractivity contribution in [2.75, 3.05) is 26.3 Å². The van der Waals surface area contributed by atoms with Gasteiger partial charge in [-0.3, -0.25) is 4.79 Å². The molecule has 0 aliphatic carbocycles. The number of nitrogens with zero attached hydrogens (tertiary/aromatic N) is 1. The highest BCUT2D eigenvalue weighted by molar-refractivity contribution is 5.77. The van der Waals surface area contributed by atoms with E-state index in [9.17, 15) is 14.7 Å². The molecule has 2 N–H and O–H groups in total. The fourth-order valence-electron chi connectivity index (χ4n) is 2.59. The molecule has 122 valence electrons. The Morgan fingerprint density at radius 2 is 1.95 bits per heavy atom. The second-order valence-corrected chi connectivity index (χ2v) is 5.54. The average Bonchev–Trinajstić information content (AvgIpc) is 2.93. The van der Waals surface area contributed by atoms with Crippen molar-refractivity contribution in [3.8, 4) is 0 Å². The first-order valence-electron chi connectivity index (χ1n) is 7.96. The molecule has 1 rings (SSSR count). The van der Waals surface area contributed by atoms with Gasteiger partial charge in [-0.1, -0.05) is 33.1 Å². The smallest absolute Gasteiger partial charge is 0.317 e. The van der Waals surface area contributed by atoms with Crippen LogP contribution in [-0.4, -0.2) is 54.4 Å². The van der Waals surface area contributed by atoms with Crippen LogP contribution in [0.3, 0.4) is 0 Å². The number of carboxylic acid groups (broad SMARTS) is 1. The van der Waals surface area contributed by atoms with Crippen molar-refractivity contribution in [1.82, 2.24) is 10.2 Å².